The molecule has 5 heteroatoms. The minimum absolute atomic E-state index is 0.0820. The summed E-state index contributed by atoms with van der Waals surface area (Å²) in [5.41, 5.74) is 4.54. The average Bonchev–Trinajstić information content (AvgIpc) is 3.27. The highest BCUT2D eigenvalue weighted by molar-refractivity contribution is 7.99. The van der Waals surface area contributed by atoms with Crippen molar-refractivity contribution in [1.29, 1.82) is 0 Å². The van der Waals surface area contributed by atoms with Gasteiger partial charge in [-0.05, 0) is 63.2 Å². The van der Waals surface area contributed by atoms with Crippen LogP contribution in [0.25, 0.3) is 11.3 Å². The number of benzene rings is 1. The van der Waals surface area contributed by atoms with Gasteiger partial charge < -0.3 is 9.88 Å². The molecule has 4 fully saturated rings. The lowest BCUT2D eigenvalue weighted by Crippen LogP contribution is -2.53. The Hall–Kier alpha value is -1.75. The molecule has 1 aromatic carbocycles. The number of imidazole rings is 1. The van der Waals surface area contributed by atoms with Crippen LogP contribution < -0.4 is 5.32 Å². The second kappa shape index (κ2) is 6.63. The van der Waals surface area contributed by atoms with Crippen molar-refractivity contribution in [2.24, 2.45) is 23.2 Å². The van der Waals surface area contributed by atoms with E-state index in [1.54, 1.807) is 0 Å². The molecule has 1 aromatic heterocycles. The monoisotopic (exact) mass is 407 g/mol. The third-order valence-corrected chi connectivity index (χ3v) is 8.80. The SMILES string of the molecule is Cc1ccc(-c2nc3n(c2CNC(=O)C24CC5CC(CC(C5)C2)C4)CCS3)cc1. The highest BCUT2D eigenvalue weighted by Crippen LogP contribution is 2.60. The average molecular weight is 408 g/mol. The summed E-state index contributed by atoms with van der Waals surface area (Å²) in [6.45, 7) is 3.69. The van der Waals surface area contributed by atoms with Gasteiger partial charge in [0, 0.05) is 23.3 Å². The number of hydrogen-bond donors (Lipinski definition) is 1. The molecule has 29 heavy (non-hydrogen) atoms. The Morgan fingerprint density at radius 3 is 2.45 bits per heavy atom. The van der Waals surface area contributed by atoms with Gasteiger partial charge in [0.05, 0.1) is 17.9 Å². The van der Waals surface area contributed by atoms with Crippen LogP contribution in [0.15, 0.2) is 29.4 Å². The largest absolute Gasteiger partial charge is 0.350 e. The number of amides is 1. The van der Waals surface area contributed by atoms with E-state index in [1.165, 1.54) is 30.5 Å². The number of rotatable bonds is 4. The molecule has 0 radical (unpaired) electrons. The van der Waals surface area contributed by atoms with Crippen molar-refractivity contribution in [2.45, 2.75) is 63.7 Å². The molecule has 2 heterocycles. The Kier molecular flexibility index (Phi) is 4.13. The van der Waals surface area contributed by atoms with Crippen LogP contribution in [0, 0.1) is 30.1 Å². The van der Waals surface area contributed by atoms with Gasteiger partial charge in [-0.3, -0.25) is 4.79 Å². The van der Waals surface area contributed by atoms with Gasteiger partial charge >= 0.3 is 0 Å². The summed E-state index contributed by atoms with van der Waals surface area (Å²) >= 11 is 1.82. The van der Waals surface area contributed by atoms with E-state index >= 15 is 0 Å². The molecular weight excluding hydrogens is 378 g/mol. The molecule has 0 spiro atoms. The van der Waals surface area contributed by atoms with Crippen molar-refractivity contribution in [2.75, 3.05) is 5.75 Å². The lowest BCUT2D eigenvalue weighted by atomic mass is 9.49. The Morgan fingerprint density at radius 1 is 1.14 bits per heavy atom. The second-order valence-corrected chi connectivity index (χ2v) is 11.0. The van der Waals surface area contributed by atoms with Gasteiger partial charge in [0.2, 0.25) is 5.91 Å². The van der Waals surface area contributed by atoms with E-state index in [1.807, 2.05) is 11.8 Å². The van der Waals surface area contributed by atoms with E-state index in [0.717, 1.165) is 65.7 Å². The van der Waals surface area contributed by atoms with Gasteiger partial charge in [0.25, 0.3) is 0 Å². The number of nitrogens with zero attached hydrogens (tertiary/aromatic N) is 2. The van der Waals surface area contributed by atoms with Crippen LogP contribution in [0.1, 0.15) is 49.8 Å². The molecular formula is C24H29N3OS. The zero-order valence-corrected chi connectivity index (χ0v) is 17.9. The smallest absolute Gasteiger partial charge is 0.226 e. The Morgan fingerprint density at radius 2 is 1.79 bits per heavy atom. The van der Waals surface area contributed by atoms with Crippen LogP contribution in [0.2, 0.25) is 0 Å². The minimum Gasteiger partial charge on any atom is -0.350 e. The summed E-state index contributed by atoms with van der Waals surface area (Å²) in [5.74, 6) is 3.78. The molecule has 1 aliphatic heterocycles. The van der Waals surface area contributed by atoms with Crippen molar-refractivity contribution in [3.05, 3.63) is 35.5 Å². The van der Waals surface area contributed by atoms with E-state index in [9.17, 15) is 4.79 Å². The van der Waals surface area contributed by atoms with Crippen LogP contribution in [-0.4, -0.2) is 21.2 Å². The van der Waals surface area contributed by atoms with Crippen LogP contribution in [0.4, 0.5) is 0 Å². The van der Waals surface area contributed by atoms with E-state index in [-0.39, 0.29) is 5.41 Å². The fourth-order valence-electron chi connectivity index (χ4n) is 6.89. The standard InChI is InChI=1S/C24H29N3OS/c1-15-2-4-19(5-3-15)21-20(27-6-7-29-23(27)26-21)14-25-22(28)24-11-16-8-17(12-24)10-18(9-16)13-24/h2-5,16-18H,6-14H2,1H3,(H,25,28). The predicted molar refractivity (Wildman–Crippen MR) is 116 cm³/mol. The summed E-state index contributed by atoms with van der Waals surface area (Å²) in [4.78, 5) is 18.4. The summed E-state index contributed by atoms with van der Waals surface area (Å²) in [6.07, 6.45) is 7.48. The van der Waals surface area contributed by atoms with Crippen LogP contribution >= 0.6 is 11.8 Å². The normalized spacial score (nSPS) is 31.8. The molecule has 152 valence electrons. The first-order valence-electron chi connectivity index (χ1n) is 11.2. The Balaban J connectivity index is 1.26. The summed E-state index contributed by atoms with van der Waals surface area (Å²) in [6, 6.07) is 8.60. The second-order valence-electron chi connectivity index (χ2n) is 9.94. The molecule has 0 unspecified atom stereocenters. The highest BCUT2D eigenvalue weighted by atomic mass is 32.2. The fraction of sp³-hybridized carbons (Fsp3) is 0.583. The molecule has 1 amide bonds. The molecule has 2 aromatic rings. The number of aryl methyl sites for hydroxylation is 1. The zero-order valence-electron chi connectivity index (χ0n) is 17.1. The third kappa shape index (κ3) is 2.96. The van der Waals surface area contributed by atoms with Crippen molar-refractivity contribution in [3.63, 3.8) is 0 Å². The lowest BCUT2D eigenvalue weighted by Gasteiger charge is -2.55. The maximum Gasteiger partial charge on any atom is 0.226 e. The number of hydrogen-bond acceptors (Lipinski definition) is 3. The number of carbonyl (C=O) groups excluding carboxylic acids is 1. The maximum absolute atomic E-state index is 13.4. The van der Waals surface area contributed by atoms with Gasteiger partial charge in [0.15, 0.2) is 5.16 Å². The first-order chi connectivity index (χ1) is 14.1. The van der Waals surface area contributed by atoms with E-state index in [2.05, 4.69) is 41.1 Å². The van der Waals surface area contributed by atoms with Crippen molar-refractivity contribution >= 4 is 17.7 Å². The molecule has 4 bridgehead atoms. The summed E-state index contributed by atoms with van der Waals surface area (Å²) in [5, 5.41) is 4.48. The number of thioether (sulfide) groups is 1. The highest BCUT2D eigenvalue weighted by Gasteiger charge is 2.54. The molecule has 0 saturated heterocycles. The Bertz CT molecular complexity index is 926. The zero-order chi connectivity index (χ0) is 19.6. The molecule has 4 nitrogen and oxygen atoms in total. The van der Waals surface area contributed by atoms with Crippen molar-refractivity contribution in [1.82, 2.24) is 14.9 Å². The first-order valence-corrected chi connectivity index (χ1v) is 12.2. The summed E-state index contributed by atoms with van der Waals surface area (Å²) < 4.78 is 2.32. The van der Waals surface area contributed by atoms with Gasteiger partial charge in [-0.15, -0.1) is 0 Å². The number of fused-ring (bicyclic) bond motifs is 1. The molecule has 5 aliphatic rings. The van der Waals surface area contributed by atoms with Gasteiger partial charge in [0.1, 0.15) is 0 Å². The van der Waals surface area contributed by atoms with E-state index in [0.29, 0.717) is 12.5 Å². The first kappa shape index (κ1) is 18.1. The molecule has 4 saturated carbocycles. The van der Waals surface area contributed by atoms with Crippen molar-refractivity contribution in [3.8, 4) is 11.3 Å². The van der Waals surface area contributed by atoms with Crippen molar-refractivity contribution < 1.29 is 4.79 Å². The predicted octanol–water partition coefficient (Wildman–Crippen LogP) is 4.80. The molecule has 7 rings (SSSR count). The van der Waals surface area contributed by atoms with E-state index < -0.39 is 0 Å². The summed E-state index contributed by atoms with van der Waals surface area (Å²) in [7, 11) is 0. The third-order valence-electron chi connectivity index (χ3n) is 7.84. The maximum atomic E-state index is 13.4. The number of carbonyl (C=O) groups is 1. The minimum atomic E-state index is -0.0820. The van der Waals surface area contributed by atoms with Crippen LogP contribution in [0.3, 0.4) is 0 Å². The topological polar surface area (TPSA) is 46.9 Å². The van der Waals surface area contributed by atoms with Gasteiger partial charge in [-0.1, -0.05) is 41.6 Å². The molecule has 0 atom stereocenters. The van der Waals surface area contributed by atoms with Crippen LogP contribution in [-0.2, 0) is 17.9 Å². The van der Waals surface area contributed by atoms with E-state index in [4.69, 9.17) is 4.98 Å². The quantitative estimate of drug-likeness (QED) is 0.792. The molecule has 4 aliphatic carbocycles. The van der Waals surface area contributed by atoms with Gasteiger partial charge in [-0.25, -0.2) is 4.98 Å². The van der Waals surface area contributed by atoms with Crippen LogP contribution in [0.5, 0.6) is 0 Å². The Labute approximate surface area is 176 Å². The number of aromatic nitrogens is 2. The number of nitrogens with one attached hydrogen (secondary N) is 1. The fourth-order valence-corrected chi connectivity index (χ4v) is 7.86. The molecule has 1 N–H and O–H groups in total. The van der Waals surface area contributed by atoms with Gasteiger partial charge in [-0.2, -0.15) is 0 Å². The lowest BCUT2D eigenvalue weighted by molar-refractivity contribution is -0.146.